The van der Waals surface area contributed by atoms with Gasteiger partial charge in [-0.15, -0.1) is 0 Å². The van der Waals surface area contributed by atoms with Crippen LogP contribution in [0.5, 0.6) is 5.75 Å². The summed E-state index contributed by atoms with van der Waals surface area (Å²) in [6.07, 6.45) is 3.13. The molecule has 2 aromatic rings. The van der Waals surface area contributed by atoms with Crippen molar-refractivity contribution < 1.29 is 24.2 Å². The quantitative estimate of drug-likeness (QED) is 0.271. The molecule has 0 aromatic heterocycles. The molecule has 8 nitrogen and oxygen atoms in total. The number of nitrogens with zero attached hydrogens (tertiary/aromatic N) is 1. The summed E-state index contributed by atoms with van der Waals surface area (Å²) >= 11 is 0. The molecular weight excluding hydrogens is 506 g/mol. The van der Waals surface area contributed by atoms with Crippen LogP contribution in [0.2, 0.25) is 0 Å². The van der Waals surface area contributed by atoms with Crippen molar-refractivity contribution in [1.29, 1.82) is 0 Å². The normalized spacial score (nSPS) is 12.9. The Balaban J connectivity index is 2.56. The van der Waals surface area contributed by atoms with Crippen LogP contribution in [0.3, 0.4) is 0 Å². The maximum absolute atomic E-state index is 14.4. The second kappa shape index (κ2) is 15.3. The zero-order chi connectivity index (χ0) is 29.9. The van der Waals surface area contributed by atoms with E-state index in [1.54, 1.807) is 49.9 Å². The van der Waals surface area contributed by atoms with Crippen LogP contribution in [0, 0.1) is 6.92 Å². The van der Waals surface area contributed by atoms with E-state index in [1.807, 2.05) is 45.0 Å². The molecule has 0 heterocycles. The number of carbonyl (C=O) groups excluding carboxylic acids is 3. The molecule has 2 aromatic carbocycles. The van der Waals surface area contributed by atoms with Crippen molar-refractivity contribution in [1.82, 2.24) is 15.5 Å². The van der Waals surface area contributed by atoms with Crippen molar-refractivity contribution >= 4 is 17.9 Å². The van der Waals surface area contributed by atoms with Gasteiger partial charge < -0.3 is 25.4 Å². The number of aryl methyl sites for hydroxylation is 1. The lowest BCUT2D eigenvalue weighted by atomic mass is 9.96. The highest BCUT2D eigenvalue weighted by molar-refractivity contribution is 5.92. The highest BCUT2D eigenvalue weighted by Crippen LogP contribution is 2.27. The number of benzene rings is 2. The van der Waals surface area contributed by atoms with Gasteiger partial charge >= 0.3 is 6.09 Å². The first kappa shape index (κ1) is 32.7. The molecule has 2 atom stereocenters. The highest BCUT2D eigenvalue weighted by atomic mass is 16.6. The molecule has 0 fully saturated rings. The van der Waals surface area contributed by atoms with Gasteiger partial charge in [0.25, 0.3) is 0 Å². The minimum Gasteiger partial charge on any atom is -0.508 e. The Kier molecular flexibility index (Phi) is 12.5. The number of hydrogen-bond donors (Lipinski definition) is 3. The molecule has 0 spiro atoms. The van der Waals surface area contributed by atoms with Gasteiger partial charge in [0.15, 0.2) is 0 Å². The van der Waals surface area contributed by atoms with Gasteiger partial charge in [0.1, 0.15) is 23.4 Å². The Morgan fingerprint density at radius 3 is 2.17 bits per heavy atom. The molecule has 0 aliphatic carbocycles. The molecule has 8 heteroatoms. The van der Waals surface area contributed by atoms with Crippen LogP contribution >= 0.6 is 0 Å². The van der Waals surface area contributed by atoms with Crippen molar-refractivity contribution in [2.24, 2.45) is 0 Å². The topological polar surface area (TPSA) is 108 Å². The summed E-state index contributed by atoms with van der Waals surface area (Å²) in [5, 5.41) is 15.5. The summed E-state index contributed by atoms with van der Waals surface area (Å²) in [4.78, 5) is 42.6. The molecule has 0 saturated heterocycles. The summed E-state index contributed by atoms with van der Waals surface area (Å²) in [6, 6.07) is 12.1. The van der Waals surface area contributed by atoms with Crippen molar-refractivity contribution in [3.63, 3.8) is 0 Å². The summed E-state index contributed by atoms with van der Waals surface area (Å²) in [6.45, 7) is 13.4. The minimum absolute atomic E-state index is 0.106. The van der Waals surface area contributed by atoms with Crippen LogP contribution in [-0.2, 0) is 20.7 Å². The van der Waals surface area contributed by atoms with Crippen LogP contribution in [0.1, 0.15) is 90.0 Å². The molecular formula is C32H47N3O5. The molecule has 220 valence electrons. The monoisotopic (exact) mass is 553 g/mol. The molecule has 2 rings (SSSR count). The molecule has 3 N–H and O–H groups in total. The fourth-order valence-electron chi connectivity index (χ4n) is 4.50. The van der Waals surface area contributed by atoms with E-state index in [0.717, 1.165) is 42.4 Å². The highest BCUT2D eigenvalue weighted by Gasteiger charge is 2.37. The number of ether oxygens (including phenoxy) is 1. The SMILES string of the molecule is CCCCCCN(C(=O)C(Cc1ccc(O)cc1)NC(=O)OC(C)(C)C)C(C(=O)NC(C)C)c1ccccc1C. The second-order valence-electron chi connectivity index (χ2n) is 11.6. The van der Waals surface area contributed by atoms with Crippen LogP contribution in [0.4, 0.5) is 4.79 Å². The second-order valence-corrected chi connectivity index (χ2v) is 11.6. The molecule has 0 radical (unpaired) electrons. The molecule has 0 aliphatic rings. The summed E-state index contributed by atoms with van der Waals surface area (Å²) in [5.74, 6) is -0.536. The molecule has 0 bridgehead atoms. The predicted molar refractivity (Wildman–Crippen MR) is 158 cm³/mol. The van der Waals surface area contributed by atoms with Crippen molar-refractivity contribution in [3.8, 4) is 5.75 Å². The first-order valence-electron chi connectivity index (χ1n) is 14.3. The van der Waals surface area contributed by atoms with Gasteiger partial charge in [-0.05, 0) is 76.8 Å². The number of alkyl carbamates (subject to hydrolysis) is 1. The van der Waals surface area contributed by atoms with Gasteiger partial charge in [-0.3, -0.25) is 9.59 Å². The van der Waals surface area contributed by atoms with E-state index in [2.05, 4.69) is 17.6 Å². The van der Waals surface area contributed by atoms with Crippen LogP contribution in [0.15, 0.2) is 48.5 Å². The van der Waals surface area contributed by atoms with E-state index >= 15 is 0 Å². The van der Waals surface area contributed by atoms with Crippen LogP contribution in [0.25, 0.3) is 0 Å². The molecule has 40 heavy (non-hydrogen) atoms. The minimum atomic E-state index is -0.996. The maximum atomic E-state index is 14.4. The zero-order valence-electron chi connectivity index (χ0n) is 25.1. The number of carbonyl (C=O) groups is 3. The smallest absolute Gasteiger partial charge is 0.408 e. The number of aromatic hydroxyl groups is 1. The van der Waals surface area contributed by atoms with Gasteiger partial charge in [-0.25, -0.2) is 4.79 Å². The molecule has 2 unspecified atom stereocenters. The number of hydrogen-bond acceptors (Lipinski definition) is 5. The lowest BCUT2D eigenvalue weighted by Crippen LogP contribution is -2.54. The third kappa shape index (κ3) is 10.5. The van der Waals surface area contributed by atoms with E-state index in [9.17, 15) is 19.5 Å². The number of unbranched alkanes of at least 4 members (excludes halogenated alkanes) is 3. The Morgan fingerprint density at radius 1 is 0.950 bits per heavy atom. The van der Waals surface area contributed by atoms with Crippen molar-refractivity contribution in [3.05, 3.63) is 65.2 Å². The Labute approximate surface area is 239 Å². The summed E-state index contributed by atoms with van der Waals surface area (Å²) in [7, 11) is 0. The fraction of sp³-hybridized carbons (Fsp3) is 0.531. The van der Waals surface area contributed by atoms with E-state index < -0.39 is 23.8 Å². The Hall–Kier alpha value is -3.55. The number of rotatable bonds is 13. The van der Waals surface area contributed by atoms with Gasteiger partial charge in [-0.1, -0.05) is 62.6 Å². The lowest BCUT2D eigenvalue weighted by molar-refractivity contribution is -0.142. The van der Waals surface area contributed by atoms with Crippen molar-refractivity contribution in [2.45, 2.75) is 104 Å². The maximum Gasteiger partial charge on any atom is 0.408 e. The average molecular weight is 554 g/mol. The fourth-order valence-corrected chi connectivity index (χ4v) is 4.50. The van der Waals surface area contributed by atoms with Gasteiger partial charge in [0.2, 0.25) is 11.8 Å². The Morgan fingerprint density at radius 2 is 1.60 bits per heavy atom. The number of nitrogens with one attached hydrogen (secondary N) is 2. The number of phenolic OH excluding ortho intramolecular Hbond substituents is 1. The van der Waals surface area contributed by atoms with Gasteiger partial charge in [0.05, 0.1) is 0 Å². The van der Waals surface area contributed by atoms with Gasteiger partial charge in [0, 0.05) is 19.0 Å². The van der Waals surface area contributed by atoms with Crippen LogP contribution in [-0.4, -0.2) is 52.1 Å². The summed E-state index contributed by atoms with van der Waals surface area (Å²) in [5.41, 5.74) is 1.63. The number of amides is 3. The molecule has 3 amide bonds. The first-order chi connectivity index (χ1) is 18.8. The molecule has 0 aliphatic heterocycles. The van der Waals surface area contributed by atoms with E-state index in [-0.39, 0.29) is 30.0 Å². The standard InChI is InChI=1S/C32H47N3O5/c1-8-9-10-13-20-35(28(29(37)33-22(2)3)26-15-12-11-14-23(26)4)30(38)27(34-31(39)40-32(5,6)7)21-24-16-18-25(36)19-17-24/h11-12,14-19,22,27-28,36H,8-10,13,20-21H2,1-7H3,(H,33,37)(H,34,39). The third-order valence-electron chi connectivity index (χ3n) is 6.37. The molecule has 0 saturated carbocycles. The Bertz CT molecular complexity index is 1110. The average Bonchev–Trinajstić information content (AvgIpc) is 2.85. The van der Waals surface area contributed by atoms with E-state index in [4.69, 9.17) is 4.74 Å². The largest absolute Gasteiger partial charge is 0.508 e. The van der Waals surface area contributed by atoms with E-state index in [1.165, 1.54) is 0 Å². The third-order valence-corrected chi connectivity index (χ3v) is 6.37. The lowest BCUT2D eigenvalue weighted by Gasteiger charge is -2.35. The van der Waals surface area contributed by atoms with Gasteiger partial charge in [-0.2, -0.15) is 0 Å². The van der Waals surface area contributed by atoms with E-state index in [0.29, 0.717) is 6.54 Å². The predicted octanol–water partition coefficient (Wildman–Crippen LogP) is 5.81. The van der Waals surface area contributed by atoms with Crippen molar-refractivity contribution in [2.75, 3.05) is 6.54 Å². The van der Waals surface area contributed by atoms with Crippen LogP contribution < -0.4 is 10.6 Å². The summed E-state index contributed by atoms with van der Waals surface area (Å²) < 4.78 is 5.49. The first-order valence-corrected chi connectivity index (χ1v) is 14.3. The number of phenols is 1. The zero-order valence-corrected chi connectivity index (χ0v) is 25.1.